The lowest BCUT2D eigenvalue weighted by Crippen LogP contribution is -2.36. The maximum absolute atomic E-state index is 12.2. The summed E-state index contributed by atoms with van der Waals surface area (Å²) >= 11 is 6.03. The molecule has 1 aromatic carbocycles. The zero-order valence-corrected chi connectivity index (χ0v) is 13.5. The molecule has 116 valence electrons. The van der Waals surface area contributed by atoms with Gasteiger partial charge in [-0.15, -0.1) is 0 Å². The zero-order chi connectivity index (χ0) is 15.5. The molecule has 0 saturated heterocycles. The maximum atomic E-state index is 12.2. The van der Waals surface area contributed by atoms with E-state index in [1.54, 1.807) is 11.1 Å². The monoisotopic (exact) mass is 317 g/mol. The van der Waals surface area contributed by atoms with Crippen LogP contribution >= 0.6 is 11.6 Å². The molecule has 1 heterocycles. The summed E-state index contributed by atoms with van der Waals surface area (Å²) < 4.78 is 2.07. The molecule has 0 N–H and O–H groups in total. The molecule has 1 aliphatic carbocycles. The number of rotatable bonds is 5. The first kappa shape index (κ1) is 15.1. The van der Waals surface area contributed by atoms with Crippen molar-refractivity contribution in [2.75, 3.05) is 7.05 Å². The number of hydrogen-bond acceptors (Lipinski definition) is 2. The van der Waals surface area contributed by atoms with E-state index < -0.39 is 0 Å². The van der Waals surface area contributed by atoms with E-state index in [4.69, 9.17) is 11.6 Å². The standard InChI is InChI=1S/C17H20ClN3O/c1-20(17(22)14-5-3-6-14)12-16-19-8-9-21(16)11-13-4-2-7-15(18)10-13/h2,4,7-10,14H,3,5-6,11-12H2,1H3. The Morgan fingerprint density at radius 3 is 2.95 bits per heavy atom. The molecule has 1 amide bonds. The van der Waals surface area contributed by atoms with Crippen LogP contribution in [0.5, 0.6) is 0 Å². The summed E-state index contributed by atoms with van der Waals surface area (Å²) in [5.74, 6) is 1.36. The van der Waals surface area contributed by atoms with E-state index in [1.165, 1.54) is 6.42 Å². The summed E-state index contributed by atoms with van der Waals surface area (Å²) in [5, 5.41) is 0.733. The molecule has 1 fully saturated rings. The quantitative estimate of drug-likeness (QED) is 0.848. The van der Waals surface area contributed by atoms with Crippen molar-refractivity contribution in [1.29, 1.82) is 0 Å². The second kappa shape index (κ2) is 6.53. The maximum Gasteiger partial charge on any atom is 0.225 e. The molecule has 2 aromatic rings. The molecule has 0 atom stereocenters. The van der Waals surface area contributed by atoms with E-state index in [0.717, 1.165) is 29.3 Å². The minimum Gasteiger partial charge on any atom is -0.338 e. The molecular formula is C17H20ClN3O. The van der Waals surface area contributed by atoms with Gasteiger partial charge in [0.15, 0.2) is 0 Å². The third kappa shape index (κ3) is 3.33. The third-order valence-corrected chi connectivity index (χ3v) is 4.49. The smallest absolute Gasteiger partial charge is 0.225 e. The second-order valence-electron chi connectivity index (χ2n) is 5.92. The highest BCUT2D eigenvalue weighted by atomic mass is 35.5. The van der Waals surface area contributed by atoms with E-state index in [2.05, 4.69) is 9.55 Å². The number of hydrogen-bond donors (Lipinski definition) is 0. The molecule has 22 heavy (non-hydrogen) atoms. The molecule has 3 rings (SSSR count). The van der Waals surface area contributed by atoms with Crippen LogP contribution in [0.4, 0.5) is 0 Å². The van der Waals surface area contributed by atoms with E-state index in [9.17, 15) is 4.79 Å². The predicted molar refractivity (Wildman–Crippen MR) is 86.6 cm³/mol. The highest BCUT2D eigenvalue weighted by Gasteiger charge is 2.28. The Bertz CT molecular complexity index is 663. The van der Waals surface area contributed by atoms with Crippen molar-refractivity contribution in [3.8, 4) is 0 Å². The van der Waals surface area contributed by atoms with Gasteiger partial charge in [0.1, 0.15) is 5.82 Å². The Morgan fingerprint density at radius 2 is 2.27 bits per heavy atom. The topological polar surface area (TPSA) is 38.1 Å². The summed E-state index contributed by atoms with van der Waals surface area (Å²) in [7, 11) is 1.86. The van der Waals surface area contributed by atoms with Crippen LogP contribution in [0.25, 0.3) is 0 Å². The fraction of sp³-hybridized carbons (Fsp3) is 0.412. The average molecular weight is 318 g/mol. The number of amides is 1. The molecule has 0 unspecified atom stereocenters. The molecule has 0 aliphatic heterocycles. The van der Waals surface area contributed by atoms with Crippen molar-refractivity contribution in [3.05, 3.63) is 53.1 Å². The number of nitrogens with zero attached hydrogens (tertiary/aromatic N) is 3. The van der Waals surface area contributed by atoms with Gasteiger partial charge in [-0.05, 0) is 30.5 Å². The number of carbonyl (C=O) groups is 1. The van der Waals surface area contributed by atoms with Crippen LogP contribution in [-0.2, 0) is 17.9 Å². The molecule has 5 heteroatoms. The molecule has 0 radical (unpaired) electrons. The van der Waals surface area contributed by atoms with Crippen LogP contribution in [-0.4, -0.2) is 27.4 Å². The van der Waals surface area contributed by atoms with Crippen LogP contribution in [0.2, 0.25) is 5.02 Å². The van der Waals surface area contributed by atoms with Gasteiger partial charge < -0.3 is 9.47 Å². The van der Waals surface area contributed by atoms with Gasteiger partial charge >= 0.3 is 0 Å². The van der Waals surface area contributed by atoms with Gasteiger partial charge in [-0.2, -0.15) is 0 Å². The molecule has 0 bridgehead atoms. The Kier molecular flexibility index (Phi) is 4.48. The van der Waals surface area contributed by atoms with E-state index in [1.807, 2.05) is 37.5 Å². The van der Waals surface area contributed by atoms with Gasteiger partial charge in [-0.25, -0.2) is 4.98 Å². The molecule has 1 aromatic heterocycles. The van der Waals surface area contributed by atoms with Crippen molar-refractivity contribution in [2.45, 2.75) is 32.4 Å². The van der Waals surface area contributed by atoms with E-state index in [0.29, 0.717) is 13.1 Å². The number of aromatic nitrogens is 2. The number of imidazole rings is 1. The lowest BCUT2D eigenvalue weighted by Gasteiger charge is -2.29. The molecule has 1 saturated carbocycles. The molecule has 4 nitrogen and oxygen atoms in total. The Labute approximate surface area is 135 Å². The molecular weight excluding hydrogens is 298 g/mol. The van der Waals surface area contributed by atoms with Crippen molar-refractivity contribution in [2.24, 2.45) is 5.92 Å². The van der Waals surface area contributed by atoms with Crippen LogP contribution in [0.1, 0.15) is 30.7 Å². The van der Waals surface area contributed by atoms with Gasteiger partial charge in [-0.3, -0.25) is 4.79 Å². The normalized spacial score (nSPS) is 14.6. The first-order valence-corrected chi connectivity index (χ1v) is 8.00. The van der Waals surface area contributed by atoms with Gasteiger partial charge in [-0.1, -0.05) is 30.2 Å². The summed E-state index contributed by atoms with van der Waals surface area (Å²) in [5.41, 5.74) is 1.12. The average Bonchev–Trinajstić information content (AvgIpc) is 2.84. The fourth-order valence-corrected chi connectivity index (χ4v) is 2.94. The van der Waals surface area contributed by atoms with Gasteiger partial charge in [0.25, 0.3) is 0 Å². The minimum absolute atomic E-state index is 0.223. The van der Waals surface area contributed by atoms with Crippen LogP contribution in [0.3, 0.4) is 0 Å². The Hall–Kier alpha value is -1.81. The first-order valence-electron chi connectivity index (χ1n) is 7.63. The lowest BCUT2D eigenvalue weighted by atomic mass is 9.84. The SMILES string of the molecule is CN(Cc1nccn1Cc1cccc(Cl)c1)C(=O)C1CCC1. The molecule has 1 aliphatic rings. The number of benzene rings is 1. The highest BCUT2D eigenvalue weighted by molar-refractivity contribution is 6.30. The van der Waals surface area contributed by atoms with Crippen molar-refractivity contribution >= 4 is 17.5 Å². The van der Waals surface area contributed by atoms with E-state index in [-0.39, 0.29) is 11.8 Å². The van der Waals surface area contributed by atoms with Gasteiger partial charge in [0.2, 0.25) is 5.91 Å². The van der Waals surface area contributed by atoms with Crippen molar-refractivity contribution in [1.82, 2.24) is 14.5 Å². The van der Waals surface area contributed by atoms with Crippen LogP contribution < -0.4 is 0 Å². The van der Waals surface area contributed by atoms with Crippen molar-refractivity contribution < 1.29 is 4.79 Å². The number of carbonyl (C=O) groups excluding carboxylic acids is 1. The number of halogens is 1. The summed E-state index contributed by atoms with van der Waals surface area (Å²) in [6.45, 7) is 1.25. The zero-order valence-electron chi connectivity index (χ0n) is 12.7. The van der Waals surface area contributed by atoms with Crippen molar-refractivity contribution in [3.63, 3.8) is 0 Å². The van der Waals surface area contributed by atoms with E-state index >= 15 is 0 Å². The summed E-state index contributed by atoms with van der Waals surface area (Å²) in [4.78, 5) is 18.4. The van der Waals surface area contributed by atoms with Crippen LogP contribution in [0.15, 0.2) is 36.7 Å². The summed E-state index contributed by atoms with van der Waals surface area (Å²) in [6.07, 6.45) is 6.95. The van der Waals surface area contributed by atoms with Gasteiger partial charge in [0, 0.05) is 36.9 Å². The Morgan fingerprint density at radius 1 is 1.45 bits per heavy atom. The first-order chi connectivity index (χ1) is 10.6. The molecule has 0 spiro atoms. The predicted octanol–water partition coefficient (Wildman–Crippen LogP) is 3.34. The highest BCUT2D eigenvalue weighted by Crippen LogP contribution is 2.28. The largest absolute Gasteiger partial charge is 0.338 e. The summed E-state index contributed by atoms with van der Waals surface area (Å²) in [6, 6.07) is 7.80. The lowest BCUT2D eigenvalue weighted by molar-refractivity contribution is -0.137. The minimum atomic E-state index is 0.223. The van der Waals surface area contributed by atoms with Gasteiger partial charge in [0.05, 0.1) is 6.54 Å². The fourth-order valence-electron chi connectivity index (χ4n) is 2.72. The second-order valence-corrected chi connectivity index (χ2v) is 6.36. The third-order valence-electron chi connectivity index (χ3n) is 4.25. The van der Waals surface area contributed by atoms with Crippen LogP contribution in [0, 0.1) is 5.92 Å². The Balaban J connectivity index is 1.67.